The molecule has 0 aliphatic carbocycles. The minimum atomic E-state index is -4.96. The van der Waals surface area contributed by atoms with Gasteiger partial charge in [0.15, 0.2) is 23.2 Å². The quantitative estimate of drug-likeness (QED) is 0.0902. The number of nitrogens with two attached hydrogens (primary N) is 1. The number of carbonyl (C=O) groups excluding carboxylic acids is 3. The number of aryl methyl sites for hydroxylation is 1. The van der Waals surface area contributed by atoms with Crippen LogP contribution in [0.3, 0.4) is 0 Å². The van der Waals surface area contributed by atoms with Crippen molar-refractivity contribution in [2.24, 2.45) is 12.2 Å². The SMILES string of the molecule is CO/N=C(/C(=O)N[C@@H]1C(=O)N(S(=O)(=O)O)[C@H]1CC(=O)NCCc1cc[n+](C)cc1)c1csc(N)n1. The van der Waals surface area contributed by atoms with Gasteiger partial charge in [0.1, 0.15) is 25.9 Å². The summed E-state index contributed by atoms with van der Waals surface area (Å²) in [6.07, 6.45) is 3.75. The van der Waals surface area contributed by atoms with E-state index < -0.39 is 46.5 Å². The number of pyridine rings is 1. The molecule has 3 heterocycles. The third-order valence-corrected chi connectivity index (χ3v) is 6.67. The lowest BCUT2D eigenvalue weighted by atomic mass is 9.94. The molecule has 1 saturated heterocycles. The standard InChI is InChI=1S/C19H23N7O7S2/c1-25-7-4-11(5-8-25)3-6-21-14(27)9-13-16(18(29)26(13)35(30,31)32)23-17(28)15(24-33-2)12-10-34-19(20)22-12/h4-5,7-8,10,13,16H,3,6,9H2,1-2H3,(H4-,20,21,22,23,27,28,30,31,32)/p+1/b24-15+/t13-,16-/m0/s1. The van der Waals surface area contributed by atoms with Gasteiger partial charge in [0.05, 0.1) is 12.5 Å². The summed E-state index contributed by atoms with van der Waals surface area (Å²) in [6, 6.07) is 1.01. The number of nitrogen functional groups attached to an aromatic ring is 1. The Morgan fingerprint density at radius 1 is 1.37 bits per heavy atom. The number of thiazole rings is 1. The zero-order chi connectivity index (χ0) is 25.8. The van der Waals surface area contributed by atoms with Crippen molar-refractivity contribution in [1.82, 2.24) is 19.9 Å². The summed E-state index contributed by atoms with van der Waals surface area (Å²) in [5.74, 6) is -2.59. The number of nitrogens with one attached hydrogen (secondary N) is 2. The van der Waals surface area contributed by atoms with E-state index in [1.807, 2.05) is 36.1 Å². The van der Waals surface area contributed by atoms with Crippen molar-refractivity contribution in [2.45, 2.75) is 24.9 Å². The molecule has 3 rings (SSSR count). The molecule has 1 aliphatic rings. The second-order valence-electron chi connectivity index (χ2n) is 7.50. The molecule has 14 nitrogen and oxygen atoms in total. The predicted molar refractivity (Wildman–Crippen MR) is 123 cm³/mol. The van der Waals surface area contributed by atoms with Crippen molar-refractivity contribution in [2.75, 3.05) is 19.4 Å². The van der Waals surface area contributed by atoms with Gasteiger partial charge in [0.25, 0.3) is 11.8 Å². The second kappa shape index (κ2) is 10.7. The first kappa shape index (κ1) is 26.0. The van der Waals surface area contributed by atoms with Crippen LogP contribution in [-0.4, -0.2) is 71.4 Å². The molecule has 188 valence electrons. The van der Waals surface area contributed by atoms with E-state index in [1.54, 1.807) is 0 Å². The third-order valence-electron chi connectivity index (χ3n) is 5.04. The normalized spacial score (nSPS) is 18.1. The fourth-order valence-electron chi connectivity index (χ4n) is 3.37. The van der Waals surface area contributed by atoms with Gasteiger partial charge in [0, 0.05) is 24.1 Å². The van der Waals surface area contributed by atoms with Crippen LogP contribution < -0.4 is 20.9 Å². The minimum absolute atomic E-state index is 0.0778. The lowest BCUT2D eigenvalue weighted by Gasteiger charge is -2.43. The monoisotopic (exact) mass is 526 g/mol. The molecule has 16 heteroatoms. The van der Waals surface area contributed by atoms with E-state index in [2.05, 4.69) is 25.6 Å². The van der Waals surface area contributed by atoms with Crippen LogP contribution in [0.2, 0.25) is 0 Å². The Bertz CT molecular complexity index is 1240. The first-order chi connectivity index (χ1) is 16.5. The van der Waals surface area contributed by atoms with Crippen molar-refractivity contribution < 1.29 is 36.8 Å². The highest BCUT2D eigenvalue weighted by Crippen LogP contribution is 2.26. The molecule has 2 atom stereocenters. The maximum atomic E-state index is 12.7. The number of carbonyl (C=O) groups is 3. The number of amides is 3. The highest BCUT2D eigenvalue weighted by Gasteiger charge is 2.54. The molecule has 0 radical (unpaired) electrons. The van der Waals surface area contributed by atoms with E-state index in [-0.39, 0.29) is 27.4 Å². The Labute approximate surface area is 204 Å². The van der Waals surface area contributed by atoms with E-state index >= 15 is 0 Å². The number of hydrogen-bond donors (Lipinski definition) is 4. The average molecular weight is 527 g/mol. The van der Waals surface area contributed by atoms with E-state index in [9.17, 15) is 27.4 Å². The molecular formula is C19H24N7O7S2+. The molecular weight excluding hydrogens is 502 g/mol. The molecule has 5 N–H and O–H groups in total. The van der Waals surface area contributed by atoms with Gasteiger partial charge in [-0.05, 0) is 12.0 Å². The number of anilines is 1. The summed E-state index contributed by atoms with van der Waals surface area (Å²) in [7, 11) is -1.89. The third kappa shape index (κ3) is 6.28. The van der Waals surface area contributed by atoms with E-state index in [0.717, 1.165) is 16.9 Å². The van der Waals surface area contributed by atoms with Gasteiger partial charge in [-0.15, -0.1) is 11.3 Å². The Morgan fingerprint density at radius 2 is 2.06 bits per heavy atom. The van der Waals surface area contributed by atoms with Gasteiger partial charge in [-0.3, -0.25) is 18.9 Å². The number of rotatable bonds is 10. The molecule has 0 unspecified atom stereocenters. The van der Waals surface area contributed by atoms with Crippen molar-refractivity contribution in [3.63, 3.8) is 0 Å². The summed E-state index contributed by atoms with van der Waals surface area (Å²) in [5.41, 5.74) is 6.32. The minimum Gasteiger partial charge on any atom is -0.398 e. The van der Waals surface area contributed by atoms with Crippen LogP contribution in [0, 0.1) is 0 Å². The number of aromatic nitrogens is 2. The van der Waals surface area contributed by atoms with Crippen molar-refractivity contribution in [3.05, 3.63) is 41.2 Å². The van der Waals surface area contributed by atoms with Crippen molar-refractivity contribution in [3.8, 4) is 0 Å². The molecule has 2 aromatic rings. The Hall–Kier alpha value is -3.63. The molecule has 35 heavy (non-hydrogen) atoms. The van der Waals surface area contributed by atoms with Crippen LogP contribution in [0.1, 0.15) is 17.7 Å². The second-order valence-corrected chi connectivity index (χ2v) is 9.68. The highest BCUT2D eigenvalue weighted by molar-refractivity contribution is 7.84. The number of nitrogens with zero attached hydrogens (tertiary/aromatic N) is 4. The first-order valence-electron chi connectivity index (χ1n) is 10.2. The topological polar surface area (TPSA) is 197 Å². The fraction of sp³-hybridized carbons (Fsp3) is 0.368. The zero-order valence-electron chi connectivity index (χ0n) is 18.7. The smallest absolute Gasteiger partial charge is 0.362 e. The van der Waals surface area contributed by atoms with Gasteiger partial charge < -0.3 is 21.2 Å². The molecule has 1 fully saturated rings. The Morgan fingerprint density at radius 3 is 2.63 bits per heavy atom. The predicted octanol–water partition coefficient (Wildman–Crippen LogP) is -1.85. The highest BCUT2D eigenvalue weighted by atomic mass is 32.2. The van der Waals surface area contributed by atoms with Crippen molar-refractivity contribution in [1.29, 1.82) is 0 Å². The molecule has 0 bridgehead atoms. The first-order valence-corrected chi connectivity index (χ1v) is 12.4. The summed E-state index contributed by atoms with van der Waals surface area (Å²) < 4.78 is 34.8. The Kier molecular flexibility index (Phi) is 7.98. The number of β-lactam (4-membered cyclic amide) rings is 1. The van der Waals surface area contributed by atoms with Crippen LogP contribution in [0.5, 0.6) is 0 Å². The van der Waals surface area contributed by atoms with Crippen LogP contribution in [0.25, 0.3) is 0 Å². The van der Waals surface area contributed by atoms with E-state index in [0.29, 0.717) is 6.42 Å². The molecule has 0 spiro atoms. The van der Waals surface area contributed by atoms with Gasteiger partial charge in [-0.2, -0.15) is 8.42 Å². The fourth-order valence-corrected chi connectivity index (χ4v) is 4.80. The van der Waals surface area contributed by atoms with Crippen LogP contribution in [-0.2, 0) is 43.0 Å². The van der Waals surface area contributed by atoms with E-state index in [4.69, 9.17) is 5.73 Å². The Balaban J connectivity index is 1.67. The summed E-state index contributed by atoms with van der Waals surface area (Å²) in [4.78, 5) is 46.2. The van der Waals surface area contributed by atoms with Crippen molar-refractivity contribution >= 4 is 50.2 Å². The maximum absolute atomic E-state index is 12.7. The van der Waals surface area contributed by atoms with Gasteiger partial charge >= 0.3 is 10.3 Å². The van der Waals surface area contributed by atoms with E-state index in [1.165, 1.54) is 12.5 Å². The summed E-state index contributed by atoms with van der Waals surface area (Å²) >= 11 is 1.04. The van der Waals surface area contributed by atoms with Gasteiger partial charge in [-0.25, -0.2) is 13.9 Å². The molecule has 0 saturated carbocycles. The zero-order valence-corrected chi connectivity index (χ0v) is 20.4. The summed E-state index contributed by atoms with van der Waals surface area (Å²) in [5, 5.41) is 10.2. The molecule has 0 aromatic carbocycles. The van der Waals surface area contributed by atoms with Crippen LogP contribution >= 0.6 is 11.3 Å². The molecule has 1 aliphatic heterocycles. The number of hydrogen-bond acceptors (Lipinski definition) is 10. The van der Waals surface area contributed by atoms with Crippen LogP contribution in [0.15, 0.2) is 35.1 Å². The van der Waals surface area contributed by atoms with Crippen LogP contribution in [0.4, 0.5) is 5.13 Å². The van der Waals surface area contributed by atoms with Gasteiger partial charge in [-0.1, -0.05) is 5.16 Å². The summed E-state index contributed by atoms with van der Waals surface area (Å²) in [6.45, 7) is 0.256. The lowest BCUT2D eigenvalue weighted by Crippen LogP contribution is -2.72. The average Bonchev–Trinajstić information content (AvgIpc) is 3.21. The van der Waals surface area contributed by atoms with Gasteiger partial charge in [0.2, 0.25) is 5.91 Å². The number of oxime groups is 1. The molecule has 3 amide bonds. The molecule has 2 aromatic heterocycles. The lowest BCUT2D eigenvalue weighted by molar-refractivity contribution is -0.671. The maximum Gasteiger partial charge on any atom is 0.362 e. The largest absolute Gasteiger partial charge is 0.398 e.